The molecule has 6 nitrogen and oxygen atoms in total. The van der Waals surface area contributed by atoms with E-state index in [9.17, 15) is 9.59 Å². The molecule has 0 saturated carbocycles. The smallest absolute Gasteiger partial charge is 0.311 e. The first-order valence-corrected chi connectivity index (χ1v) is 8.14. The van der Waals surface area contributed by atoms with E-state index in [1.54, 1.807) is 18.3 Å². The Morgan fingerprint density at radius 2 is 2.17 bits per heavy atom. The lowest BCUT2D eigenvalue weighted by molar-refractivity contribution is -0.145. The quantitative estimate of drug-likeness (QED) is 0.749. The molecule has 0 aliphatic carbocycles. The van der Waals surface area contributed by atoms with E-state index in [0.717, 1.165) is 4.47 Å². The van der Waals surface area contributed by atoms with Crippen LogP contribution in [0.2, 0.25) is 0 Å². The number of pyridine rings is 1. The molecule has 124 valence electrons. The zero-order chi connectivity index (χ0) is 17.1. The van der Waals surface area contributed by atoms with Gasteiger partial charge in [0.25, 0.3) is 0 Å². The summed E-state index contributed by atoms with van der Waals surface area (Å²) in [6.07, 6.45) is 1.72. The summed E-state index contributed by atoms with van der Waals surface area (Å²) in [7, 11) is 1.32. The number of hydrogen-bond acceptors (Lipinski definition) is 5. The van der Waals surface area contributed by atoms with Crippen molar-refractivity contribution in [1.82, 2.24) is 4.98 Å². The van der Waals surface area contributed by atoms with E-state index in [0.29, 0.717) is 23.9 Å². The van der Waals surface area contributed by atoms with Gasteiger partial charge in [-0.1, -0.05) is 22.0 Å². The van der Waals surface area contributed by atoms with E-state index in [2.05, 4.69) is 20.9 Å². The standard InChI is InChI=1S/C17H15BrN2O4/c1-23-17(22)11-7-16(21)20(10-11)13-5-6-15(19-9-13)24-14-4-2-3-12(18)8-14/h2-6,8-9,11H,7,10H2,1H3. The van der Waals surface area contributed by atoms with Crippen LogP contribution in [-0.4, -0.2) is 30.5 Å². The highest BCUT2D eigenvalue weighted by atomic mass is 79.9. The summed E-state index contributed by atoms with van der Waals surface area (Å²) in [5.41, 5.74) is 0.632. The molecular weight excluding hydrogens is 376 g/mol. The van der Waals surface area contributed by atoms with Gasteiger partial charge in [-0.3, -0.25) is 9.59 Å². The number of hydrogen-bond donors (Lipinski definition) is 0. The van der Waals surface area contributed by atoms with Crippen LogP contribution < -0.4 is 9.64 Å². The molecule has 2 aromatic rings. The lowest BCUT2D eigenvalue weighted by atomic mass is 10.1. The maximum Gasteiger partial charge on any atom is 0.311 e. The van der Waals surface area contributed by atoms with Crippen molar-refractivity contribution < 1.29 is 19.1 Å². The van der Waals surface area contributed by atoms with Gasteiger partial charge in [0.15, 0.2) is 0 Å². The van der Waals surface area contributed by atoms with Crippen molar-refractivity contribution >= 4 is 33.5 Å². The van der Waals surface area contributed by atoms with E-state index in [1.165, 1.54) is 12.0 Å². The maximum absolute atomic E-state index is 12.1. The molecule has 1 atom stereocenters. The predicted molar refractivity (Wildman–Crippen MR) is 90.9 cm³/mol. The van der Waals surface area contributed by atoms with Gasteiger partial charge in [-0.05, 0) is 24.3 Å². The van der Waals surface area contributed by atoms with Gasteiger partial charge < -0.3 is 14.4 Å². The molecule has 0 radical (unpaired) electrons. The Kier molecular flexibility index (Phi) is 4.80. The number of anilines is 1. The number of nitrogens with zero attached hydrogens (tertiary/aromatic N) is 2. The van der Waals surface area contributed by atoms with Gasteiger partial charge in [0.2, 0.25) is 11.8 Å². The number of rotatable bonds is 4. The zero-order valence-electron chi connectivity index (χ0n) is 12.9. The lowest BCUT2D eigenvalue weighted by Crippen LogP contribution is -2.26. The molecule has 3 rings (SSSR count). The van der Waals surface area contributed by atoms with Crippen molar-refractivity contribution in [2.45, 2.75) is 6.42 Å². The number of amides is 1. The third kappa shape index (κ3) is 3.56. The van der Waals surface area contributed by atoms with Crippen LogP contribution in [0.25, 0.3) is 0 Å². The molecule has 0 spiro atoms. The van der Waals surface area contributed by atoms with Gasteiger partial charge in [0.1, 0.15) is 5.75 Å². The molecule has 2 heterocycles. The van der Waals surface area contributed by atoms with Crippen LogP contribution in [0.5, 0.6) is 11.6 Å². The highest BCUT2D eigenvalue weighted by Crippen LogP contribution is 2.28. The van der Waals surface area contributed by atoms with Gasteiger partial charge in [-0.2, -0.15) is 0 Å². The Morgan fingerprint density at radius 3 is 2.83 bits per heavy atom. The van der Waals surface area contributed by atoms with Crippen molar-refractivity contribution in [3.63, 3.8) is 0 Å². The van der Waals surface area contributed by atoms with Crippen LogP contribution in [-0.2, 0) is 14.3 Å². The van der Waals surface area contributed by atoms with E-state index in [1.807, 2.05) is 24.3 Å². The van der Waals surface area contributed by atoms with Crippen molar-refractivity contribution in [1.29, 1.82) is 0 Å². The van der Waals surface area contributed by atoms with Gasteiger partial charge in [-0.25, -0.2) is 4.98 Å². The minimum Gasteiger partial charge on any atom is -0.469 e. The first-order valence-electron chi connectivity index (χ1n) is 7.34. The third-order valence-corrected chi connectivity index (χ3v) is 4.20. The lowest BCUT2D eigenvalue weighted by Gasteiger charge is -2.16. The summed E-state index contributed by atoms with van der Waals surface area (Å²) in [5, 5.41) is 0. The largest absolute Gasteiger partial charge is 0.469 e. The number of benzene rings is 1. The van der Waals surface area contributed by atoms with Gasteiger partial charge in [0, 0.05) is 23.5 Å². The summed E-state index contributed by atoms with van der Waals surface area (Å²) < 4.78 is 11.3. The van der Waals surface area contributed by atoms with E-state index in [-0.39, 0.29) is 18.3 Å². The fourth-order valence-electron chi connectivity index (χ4n) is 2.53. The molecular formula is C17H15BrN2O4. The Morgan fingerprint density at radius 1 is 1.33 bits per heavy atom. The van der Waals surface area contributed by atoms with Gasteiger partial charge in [0.05, 0.1) is 24.9 Å². The van der Waals surface area contributed by atoms with Crippen LogP contribution in [0, 0.1) is 5.92 Å². The second kappa shape index (κ2) is 7.00. The fraction of sp³-hybridized carbons (Fsp3) is 0.235. The van der Waals surface area contributed by atoms with Crippen molar-refractivity contribution in [2.75, 3.05) is 18.6 Å². The molecule has 0 bridgehead atoms. The average Bonchev–Trinajstić information content (AvgIpc) is 2.97. The van der Waals surface area contributed by atoms with E-state index < -0.39 is 5.92 Å². The molecule has 1 aromatic carbocycles. The number of carbonyl (C=O) groups is 2. The van der Waals surface area contributed by atoms with Crippen LogP contribution in [0.15, 0.2) is 47.1 Å². The summed E-state index contributed by atoms with van der Waals surface area (Å²) in [6.45, 7) is 0.305. The Labute approximate surface area is 147 Å². The second-order valence-corrected chi connectivity index (χ2v) is 6.26. The Hall–Kier alpha value is -2.41. The molecule has 0 N–H and O–H groups in total. The van der Waals surface area contributed by atoms with Crippen LogP contribution in [0.1, 0.15) is 6.42 Å². The zero-order valence-corrected chi connectivity index (χ0v) is 14.5. The summed E-state index contributed by atoms with van der Waals surface area (Å²) in [5.74, 6) is 0.169. The second-order valence-electron chi connectivity index (χ2n) is 5.34. The highest BCUT2D eigenvalue weighted by Gasteiger charge is 2.35. The van der Waals surface area contributed by atoms with E-state index in [4.69, 9.17) is 9.47 Å². The minimum atomic E-state index is -0.430. The van der Waals surface area contributed by atoms with E-state index >= 15 is 0 Å². The summed E-state index contributed by atoms with van der Waals surface area (Å²) >= 11 is 3.38. The molecule has 1 amide bonds. The number of esters is 1. The first kappa shape index (κ1) is 16.4. The molecule has 1 aromatic heterocycles. The molecule has 1 fully saturated rings. The topological polar surface area (TPSA) is 68.7 Å². The number of carbonyl (C=O) groups excluding carboxylic acids is 2. The normalized spacial score (nSPS) is 17.0. The summed E-state index contributed by atoms with van der Waals surface area (Å²) in [4.78, 5) is 29.4. The monoisotopic (exact) mass is 390 g/mol. The molecule has 24 heavy (non-hydrogen) atoms. The van der Waals surface area contributed by atoms with Crippen LogP contribution in [0.3, 0.4) is 0 Å². The Balaban J connectivity index is 1.70. The highest BCUT2D eigenvalue weighted by molar-refractivity contribution is 9.10. The maximum atomic E-state index is 12.1. The van der Waals surface area contributed by atoms with Crippen molar-refractivity contribution in [3.8, 4) is 11.6 Å². The molecule has 1 aliphatic rings. The minimum absolute atomic E-state index is 0.118. The summed E-state index contributed by atoms with van der Waals surface area (Å²) in [6, 6.07) is 10.9. The average molecular weight is 391 g/mol. The number of aromatic nitrogens is 1. The van der Waals surface area contributed by atoms with Crippen LogP contribution >= 0.6 is 15.9 Å². The SMILES string of the molecule is COC(=O)C1CC(=O)N(c2ccc(Oc3cccc(Br)c3)nc2)C1. The number of ether oxygens (including phenoxy) is 2. The van der Waals surface area contributed by atoms with Gasteiger partial charge in [-0.15, -0.1) is 0 Å². The fourth-order valence-corrected chi connectivity index (χ4v) is 2.90. The number of methoxy groups -OCH3 is 1. The predicted octanol–water partition coefficient (Wildman–Crippen LogP) is 3.16. The third-order valence-electron chi connectivity index (χ3n) is 3.71. The Bertz CT molecular complexity index is 763. The molecule has 7 heteroatoms. The number of halogens is 1. The van der Waals surface area contributed by atoms with Gasteiger partial charge >= 0.3 is 5.97 Å². The first-order chi connectivity index (χ1) is 11.6. The molecule has 1 saturated heterocycles. The van der Waals surface area contributed by atoms with Crippen LogP contribution in [0.4, 0.5) is 5.69 Å². The van der Waals surface area contributed by atoms with Crippen molar-refractivity contribution in [3.05, 3.63) is 47.1 Å². The molecule has 1 aliphatic heterocycles. The van der Waals surface area contributed by atoms with Crippen molar-refractivity contribution in [2.24, 2.45) is 5.92 Å². The molecule has 1 unspecified atom stereocenters.